The van der Waals surface area contributed by atoms with Crippen LogP contribution >= 0.6 is 0 Å². The number of hydrogen-bond donors (Lipinski definition) is 2. The largest absolute Gasteiger partial charge is 0.355 e. The Morgan fingerprint density at radius 1 is 1.18 bits per heavy atom. The third-order valence-corrected chi connectivity index (χ3v) is 3.53. The summed E-state index contributed by atoms with van der Waals surface area (Å²) < 4.78 is 0. The first-order valence-electron chi connectivity index (χ1n) is 7.27. The highest BCUT2D eigenvalue weighted by molar-refractivity contribution is 5.81. The molecule has 100 valence electrons. The average molecular weight is 240 g/mol. The number of amides is 1. The van der Waals surface area contributed by atoms with Gasteiger partial charge in [0.2, 0.25) is 5.91 Å². The first-order chi connectivity index (χ1) is 8.24. The second-order valence-electron chi connectivity index (χ2n) is 5.22. The van der Waals surface area contributed by atoms with Crippen molar-refractivity contribution in [3.8, 4) is 0 Å². The van der Waals surface area contributed by atoms with E-state index in [-0.39, 0.29) is 11.9 Å². The van der Waals surface area contributed by atoms with Crippen LogP contribution < -0.4 is 10.6 Å². The van der Waals surface area contributed by atoms with Crippen molar-refractivity contribution >= 4 is 5.91 Å². The van der Waals surface area contributed by atoms with Gasteiger partial charge < -0.3 is 10.6 Å². The summed E-state index contributed by atoms with van der Waals surface area (Å²) in [6.07, 6.45) is 10.2. The van der Waals surface area contributed by atoms with Crippen LogP contribution in [0.5, 0.6) is 0 Å². The van der Waals surface area contributed by atoms with E-state index in [2.05, 4.69) is 17.6 Å². The highest BCUT2D eigenvalue weighted by atomic mass is 16.2. The minimum atomic E-state index is -0.0500. The van der Waals surface area contributed by atoms with Gasteiger partial charge in [0, 0.05) is 12.6 Å². The first kappa shape index (κ1) is 14.5. The van der Waals surface area contributed by atoms with Gasteiger partial charge in [-0.05, 0) is 26.2 Å². The molecule has 1 unspecified atom stereocenters. The molecule has 1 aliphatic rings. The fraction of sp³-hybridized carbons (Fsp3) is 0.929. The Hall–Kier alpha value is -0.570. The summed E-state index contributed by atoms with van der Waals surface area (Å²) >= 11 is 0. The molecule has 0 heterocycles. The Kier molecular flexibility index (Phi) is 7.25. The van der Waals surface area contributed by atoms with Crippen LogP contribution in [0.1, 0.15) is 65.2 Å². The van der Waals surface area contributed by atoms with Crippen LogP contribution in [-0.2, 0) is 4.79 Å². The molecule has 0 spiro atoms. The summed E-state index contributed by atoms with van der Waals surface area (Å²) in [7, 11) is 0. The molecule has 0 aliphatic heterocycles. The van der Waals surface area contributed by atoms with Gasteiger partial charge in [-0.1, -0.05) is 39.0 Å². The molecule has 1 amide bonds. The van der Waals surface area contributed by atoms with Gasteiger partial charge in [0.15, 0.2) is 0 Å². The van der Waals surface area contributed by atoms with Crippen LogP contribution in [0.3, 0.4) is 0 Å². The predicted octanol–water partition coefficient (Wildman–Crippen LogP) is 2.60. The monoisotopic (exact) mass is 240 g/mol. The van der Waals surface area contributed by atoms with Crippen molar-refractivity contribution in [1.82, 2.24) is 10.6 Å². The van der Waals surface area contributed by atoms with E-state index < -0.39 is 0 Å². The van der Waals surface area contributed by atoms with E-state index >= 15 is 0 Å². The van der Waals surface area contributed by atoms with Gasteiger partial charge in [-0.2, -0.15) is 0 Å². The molecular weight excluding hydrogens is 212 g/mol. The van der Waals surface area contributed by atoms with Gasteiger partial charge in [-0.3, -0.25) is 4.79 Å². The lowest BCUT2D eigenvalue weighted by atomic mass is 9.96. The molecule has 3 nitrogen and oxygen atoms in total. The summed E-state index contributed by atoms with van der Waals surface area (Å²) in [5.74, 6) is 0.147. The Morgan fingerprint density at radius 3 is 2.35 bits per heavy atom. The van der Waals surface area contributed by atoms with Crippen molar-refractivity contribution in [3.63, 3.8) is 0 Å². The Labute approximate surface area is 106 Å². The molecule has 1 saturated carbocycles. The Bertz CT molecular complexity index is 210. The van der Waals surface area contributed by atoms with Crippen molar-refractivity contribution in [1.29, 1.82) is 0 Å². The lowest BCUT2D eigenvalue weighted by Gasteiger charge is -2.24. The molecule has 0 aromatic carbocycles. The number of hydrogen-bond acceptors (Lipinski definition) is 2. The third-order valence-electron chi connectivity index (χ3n) is 3.53. The molecule has 1 rings (SSSR count). The van der Waals surface area contributed by atoms with Gasteiger partial charge in [0.1, 0.15) is 0 Å². The van der Waals surface area contributed by atoms with Crippen LogP contribution in [0.2, 0.25) is 0 Å². The highest BCUT2D eigenvalue weighted by Crippen LogP contribution is 2.17. The van der Waals surface area contributed by atoms with Crippen molar-refractivity contribution in [2.75, 3.05) is 6.54 Å². The maximum Gasteiger partial charge on any atom is 0.236 e. The van der Waals surface area contributed by atoms with Crippen LogP contribution in [0.4, 0.5) is 0 Å². The summed E-state index contributed by atoms with van der Waals surface area (Å²) in [4.78, 5) is 11.8. The number of carbonyl (C=O) groups is 1. The highest BCUT2D eigenvalue weighted by Gasteiger charge is 2.17. The zero-order valence-corrected chi connectivity index (χ0v) is 11.4. The van der Waals surface area contributed by atoms with Gasteiger partial charge in [-0.15, -0.1) is 0 Å². The van der Waals surface area contributed by atoms with Crippen molar-refractivity contribution < 1.29 is 4.79 Å². The maximum absolute atomic E-state index is 11.8. The maximum atomic E-state index is 11.8. The second-order valence-corrected chi connectivity index (χ2v) is 5.22. The Balaban J connectivity index is 2.27. The quantitative estimate of drug-likeness (QED) is 0.775. The molecule has 0 aromatic rings. The van der Waals surface area contributed by atoms with E-state index in [9.17, 15) is 4.79 Å². The topological polar surface area (TPSA) is 41.1 Å². The van der Waals surface area contributed by atoms with E-state index in [1.54, 1.807) is 0 Å². The molecule has 1 fully saturated rings. The zero-order valence-electron chi connectivity index (χ0n) is 11.4. The zero-order chi connectivity index (χ0) is 12.5. The normalized spacial score (nSPS) is 20.4. The molecule has 0 aromatic heterocycles. The van der Waals surface area contributed by atoms with E-state index in [4.69, 9.17) is 0 Å². The van der Waals surface area contributed by atoms with E-state index in [0.29, 0.717) is 6.04 Å². The van der Waals surface area contributed by atoms with Crippen LogP contribution in [-0.4, -0.2) is 24.5 Å². The van der Waals surface area contributed by atoms with Crippen LogP contribution in [0, 0.1) is 0 Å². The van der Waals surface area contributed by atoms with Crippen molar-refractivity contribution in [2.45, 2.75) is 77.3 Å². The molecule has 1 atom stereocenters. The molecule has 0 saturated heterocycles. The standard InChI is InChI=1S/C14H28N2O/c1-3-11-15-14(17)12(2)16-13-9-7-5-4-6-8-10-13/h12-13,16H,3-11H2,1-2H3,(H,15,17). The molecule has 0 radical (unpaired) electrons. The molecule has 17 heavy (non-hydrogen) atoms. The third kappa shape index (κ3) is 6.06. The van der Waals surface area contributed by atoms with Gasteiger partial charge in [-0.25, -0.2) is 0 Å². The minimum absolute atomic E-state index is 0.0500. The minimum Gasteiger partial charge on any atom is -0.355 e. The van der Waals surface area contributed by atoms with E-state index in [1.807, 2.05) is 6.92 Å². The fourth-order valence-corrected chi connectivity index (χ4v) is 2.45. The van der Waals surface area contributed by atoms with Crippen LogP contribution in [0.15, 0.2) is 0 Å². The molecule has 2 N–H and O–H groups in total. The van der Waals surface area contributed by atoms with Gasteiger partial charge >= 0.3 is 0 Å². The van der Waals surface area contributed by atoms with E-state index in [1.165, 1.54) is 44.9 Å². The summed E-state index contributed by atoms with van der Waals surface area (Å²) in [5, 5.41) is 6.43. The lowest BCUT2D eigenvalue weighted by molar-refractivity contribution is -0.122. The molecule has 3 heteroatoms. The van der Waals surface area contributed by atoms with Gasteiger partial charge in [0.25, 0.3) is 0 Å². The molecular formula is C14H28N2O. The van der Waals surface area contributed by atoms with Crippen molar-refractivity contribution in [2.24, 2.45) is 0 Å². The lowest BCUT2D eigenvalue weighted by Crippen LogP contribution is -2.46. The Morgan fingerprint density at radius 2 is 1.76 bits per heavy atom. The van der Waals surface area contributed by atoms with Gasteiger partial charge in [0.05, 0.1) is 6.04 Å². The SMILES string of the molecule is CCCNC(=O)C(C)NC1CCCCCCC1. The molecule has 0 bridgehead atoms. The number of rotatable bonds is 5. The smallest absolute Gasteiger partial charge is 0.236 e. The van der Waals surface area contributed by atoms with Crippen LogP contribution in [0.25, 0.3) is 0 Å². The van der Waals surface area contributed by atoms with Crippen molar-refractivity contribution in [3.05, 3.63) is 0 Å². The first-order valence-corrected chi connectivity index (χ1v) is 7.27. The second kappa shape index (κ2) is 8.51. The average Bonchev–Trinajstić information content (AvgIpc) is 2.29. The molecule has 1 aliphatic carbocycles. The number of carbonyl (C=O) groups excluding carboxylic acids is 1. The summed E-state index contributed by atoms with van der Waals surface area (Å²) in [5.41, 5.74) is 0. The fourth-order valence-electron chi connectivity index (χ4n) is 2.45. The summed E-state index contributed by atoms with van der Waals surface area (Å²) in [6, 6.07) is 0.489. The number of nitrogens with one attached hydrogen (secondary N) is 2. The summed E-state index contributed by atoms with van der Waals surface area (Å²) in [6.45, 7) is 4.84. The predicted molar refractivity (Wildman–Crippen MR) is 72.0 cm³/mol. The van der Waals surface area contributed by atoms with E-state index in [0.717, 1.165) is 13.0 Å².